The SMILES string of the molecule is COc1ccc(-c2noc(-c3ccc4ccccc4n3)n2)cn1. The van der Waals surface area contributed by atoms with Crippen LogP contribution in [0.3, 0.4) is 0 Å². The molecule has 0 saturated heterocycles. The summed E-state index contributed by atoms with van der Waals surface area (Å²) in [5.41, 5.74) is 2.28. The number of rotatable bonds is 3. The lowest BCUT2D eigenvalue weighted by atomic mass is 10.2. The third kappa shape index (κ3) is 2.50. The van der Waals surface area contributed by atoms with E-state index in [4.69, 9.17) is 9.26 Å². The molecule has 0 fully saturated rings. The van der Waals surface area contributed by atoms with Gasteiger partial charge in [0.2, 0.25) is 11.7 Å². The van der Waals surface area contributed by atoms with Gasteiger partial charge in [-0.15, -0.1) is 0 Å². The number of nitrogens with zero attached hydrogens (tertiary/aromatic N) is 4. The Labute approximate surface area is 131 Å². The van der Waals surface area contributed by atoms with Crippen molar-refractivity contribution in [1.82, 2.24) is 20.1 Å². The first-order chi connectivity index (χ1) is 11.3. The Morgan fingerprint density at radius 1 is 0.957 bits per heavy atom. The van der Waals surface area contributed by atoms with Crippen molar-refractivity contribution in [2.24, 2.45) is 0 Å². The van der Waals surface area contributed by atoms with E-state index < -0.39 is 0 Å². The van der Waals surface area contributed by atoms with Crippen LogP contribution in [0.1, 0.15) is 0 Å². The van der Waals surface area contributed by atoms with Crippen molar-refractivity contribution in [2.75, 3.05) is 7.11 Å². The standard InChI is InChI=1S/C17H12N4O2/c1-22-15-9-7-12(10-18-15)16-20-17(23-21-16)14-8-6-11-4-2-3-5-13(11)19-14/h2-10H,1H3. The third-order valence-electron chi connectivity index (χ3n) is 3.45. The molecule has 0 spiro atoms. The molecule has 112 valence electrons. The van der Waals surface area contributed by atoms with Gasteiger partial charge in [-0.25, -0.2) is 9.97 Å². The second-order valence-electron chi connectivity index (χ2n) is 4.90. The summed E-state index contributed by atoms with van der Waals surface area (Å²) in [4.78, 5) is 13.1. The second-order valence-corrected chi connectivity index (χ2v) is 4.90. The topological polar surface area (TPSA) is 73.9 Å². The highest BCUT2D eigenvalue weighted by Crippen LogP contribution is 2.23. The van der Waals surface area contributed by atoms with Crippen LogP contribution in [-0.2, 0) is 0 Å². The van der Waals surface area contributed by atoms with Gasteiger partial charge in [-0.1, -0.05) is 29.4 Å². The van der Waals surface area contributed by atoms with Gasteiger partial charge in [-0.3, -0.25) is 0 Å². The Balaban J connectivity index is 1.70. The van der Waals surface area contributed by atoms with Crippen molar-refractivity contribution in [1.29, 1.82) is 0 Å². The van der Waals surface area contributed by atoms with E-state index in [2.05, 4.69) is 20.1 Å². The zero-order chi connectivity index (χ0) is 15.6. The van der Waals surface area contributed by atoms with Crippen molar-refractivity contribution >= 4 is 10.9 Å². The fourth-order valence-electron chi connectivity index (χ4n) is 2.26. The van der Waals surface area contributed by atoms with Crippen LogP contribution in [0.5, 0.6) is 5.88 Å². The molecule has 4 aromatic rings. The zero-order valence-corrected chi connectivity index (χ0v) is 12.3. The number of ether oxygens (including phenoxy) is 1. The summed E-state index contributed by atoms with van der Waals surface area (Å²) in [7, 11) is 1.57. The van der Waals surface area contributed by atoms with E-state index >= 15 is 0 Å². The van der Waals surface area contributed by atoms with Crippen LogP contribution in [0.25, 0.3) is 33.9 Å². The van der Waals surface area contributed by atoms with Crippen molar-refractivity contribution in [3.05, 3.63) is 54.7 Å². The lowest BCUT2D eigenvalue weighted by Gasteiger charge is -1.98. The Hall–Kier alpha value is -3.28. The van der Waals surface area contributed by atoms with Crippen LogP contribution in [0.4, 0.5) is 0 Å². The Morgan fingerprint density at radius 3 is 2.70 bits per heavy atom. The maximum absolute atomic E-state index is 5.33. The fraction of sp³-hybridized carbons (Fsp3) is 0.0588. The molecule has 1 aromatic carbocycles. The molecule has 0 unspecified atom stereocenters. The molecular formula is C17H12N4O2. The average molecular weight is 304 g/mol. The molecule has 3 aromatic heterocycles. The van der Waals surface area contributed by atoms with Gasteiger partial charge in [0.05, 0.1) is 12.6 Å². The summed E-state index contributed by atoms with van der Waals surface area (Å²) >= 11 is 0. The van der Waals surface area contributed by atoms with E-state index in [1.165, 1.54) is 0 Å². The first-order valence-corrected chi connectivity index (χ1v) is 7.04. The number of benzene rings is 1. The van der Waals surface area contributed by atoms with Crippen LogP contribution in [0, 0.1) is 0 Å². The van der Waals surface area contributed by atoms with Gasteiger partial charge < -0.3 is 9.26 Å². The molecule has 0 atom stereocenters. The Kier molecular flexibility index (Phi) is 3.20. The average Bonchev–Trinajstić information content (AvgIpc) is 3.11. The molecule has 4 rings (SSSR count). The summed E-state index contributed by atoms with van der Waals surface area (Å²) in [6.07, 6.45) is 1.64. The molecule has 6 nitrogen and oxygen atoms in total. The molecule has 0 aliphatic carbocycles. The van der Waals surface area contributed by atoms with Crippen LogP contribution in [0.2, 0.25) is 0 Å². The van der Waals surface area contributed by atoms with Crippen molar-refractivity contribution < 1.29 is 9.26 Å². The van der Waals surface area contributed by atoms with Gasteiger partial charge in [-0.2, -0.15) is 4.98 Å². The minimum absolute atomic E-state index is 0.376. The molecule has 0 aliphatic rings. The monoisotopic (exact) mass is 304 g/mol. The Bertz CT molecular complexity index is 964. The molecular weight excluding hydrogens is 292 g/mol. The second kappa shape index (κ2) is 5.49. The first kappa shape index (κ1) is 13.4. The van der Waals surface area contributed by atoms with E-state index in [9.17, 15) is 0 Å². The number of fused-ring (bicyclic) bond motifs is 1. The van der Waals surface area contributed by atoms with Gasteiger partial charge >= 0.3 is 0 Å². The lowest BCUT2D eigenvalue weighted by Crippen LogP contribution is -1.88. The lowest BCUT2D eigenvalue weighted by molar-refractivity contribution is 0.398. The van der Waals surface area contributed by atoms with Crippen molar-refractivity contribution in [2.45, 2.75) is 0 Å². The van der Waals surface area contributed by atoms with Crippen LogP contribution in [-0.4, -0.2) is 27.2 Å². The Morgan fingerprint density at radius 2 is 1.87 bits per heavy atom. The van der Waals surface area contributed by atoms with Gasteiger partial charge in [0, 0.05) is 23.2 Å². The zero-order valence-electron chi connectivity index (χ0n) is 12.3. The number of pyridine rings is 2. The summed E-state index contributed by atoms with van der Waals surface area (Å²) in [6.45, 7) is 0. The van der Waals surface area contributed by atoms with E-state index in [1.807, 2.05) is 42.5 Å². The van der Waals surface area contributed by atoms with Crippen LogP contribution in [0.15, 0.2) is 59.3 Å². The maximum Gasteiger partial charge on any atom is 0.276 e. The van der Waals surface area contributed by atoms with E-state index in [1.54, 1.807) is 19.4 Å². The van der Waals surface area contributed by atoms with E-state index in [0.717, 1.165) is 16.5 Å². The summed E-state index contributed by atoms with van der Waals surface area (Å²) in [5, 5.41) is 5.06. The van der Waals surface area contributed by atoms with Crippen LogP contribution >= 0.6 is 0 Å². The predicted octanol–water partition coefficient (Wildman–Crippen LogP) is 3.36. The highest BCUT2D eigenvalue weighted by atomic mass is 16.5. The molecule has 0 aliphatic heterocycles. The minimum Gasteiger partial charge on any atom is -0.481 e. The molecule has 0 amide bonds. The highest BCUT2D eigenvalue weighted by molar-refractivity contribution is 5.80. The van der Waals surface area contributed by atoms with Gasteiger partial charge in [0.1, 0.15) is 5.69 Å². The highest BCUT2D eigenvalue weighted by Gasteiger charge is 2.12. The first-order valence-electron chi connectivity index (χ1n) is 7.04. The predicted molar refractivity (Wildman–Crippen MR) is 84.8 cm³/mol. The maximum atomic E-state index is 5.33. The van der Waals surface area contributed by atoms with Crippen molar-refractivity contribution in [3.63, 3.8) is 0 Å². The molecule has 3 heterocycles. The smallest absolute Gasteiger partial charge is 0.276 e. The van der Waals surface area contributed by atoms with E-state index in [0.29, 0.717) is 23.3 Å². The van der Waals surface area contributed by atoms with Gasteiger partial charge in [0.15, 0.2) is 0 Å². The largest absolute Gasteiger partial charge is 0.481 e. The molecule has 23 heavy (non-hydrogen) atoms. The van der Waals surface area contributed by atoms with Gasteiger partial charge in [0.25, 0.3) is 5.89 Å². The number of methoxy groups -OCH3 is 1. The molecule has 0 bridgehead atoms. The molecule has 0 radical (unpaired) electrons. The summed E-state index contributed by atoms with van der Waals surface area (Å²) in [6, 6.07) is 15.3. The minimum atomic E-state index is 0.376. The van der Waals surface area contributed by atoms with Crippen molar-refractivity contribution in [3.8, 4) is 28.9 Å². The van der Waals surface area contributed by atoms with E-state index in [-0.39, 0.29) is 0 Å². The normalized spacial score (nSPS) is 10.8. The third-order valence-corrected chi connectivity index (χ3v) is 3.45. The molecule has 0 saturated carbocycles. The van der Waals surface area contributed by atoms with Gasteiger partial charge in [-0.05, 0) is 18.2 Å². The van der Waals surface area contributed by atoms with Crippen LogP contribution < -0.4 is 4.74 Å². The fourth-order valence-corrected chi connectivity index (χ4v) is 2.26. The molecule has 6 heteroatoms. The number of hydrogen-bond donors (Lipinski definition) is 0. The number of para-hydroxylation sites is 1. The summed E-state index contributed by atoms with van der Waals surface area (Å²) < 4.78 is 10.4. The number of aromatic nitrogens is 4. The number of hydrogen-bond acceptors (Lipinski definition) is 6. The quantitative estimate of drug-likeness (QED) is 0.578. The summed E-state index contributed by atoms with van der Waals surface area (Å²) in [5.74, 6) is 1.38. The molecule has 0 N–H and O–H groups in total.